The second-order valence-electron chi connectivity index (χ2n) is 16.3. The zero-order chi connectivity index (χ0) is 45.6. The molecule has 21 heteroatoms. The van der Waals surface area contributed by atoms with Crippen molar-refractivity contribution in [1.29, 1.82) is 0 Å². The molecule has 2 N–H and O–H groups in total. The number of halogens is 1. The van der Waals surface area contributed by atoms with Gasteiger partial charge in [-0.25, -0.2) is 13.2 Å². The molecule has 342 valence electrons. The van der Waals surface area contributed by atoms with Crippen LogP contribution in [0.1, 0.15) is 36.8 Å². The van der Waals surface area contributed by atoms with Crippen molar-refractivity contribution < 1.29 is 70.4 Å². The van der Waals surface area contributed by atoms with Crippen molar-refractivity contribution in [3.8, 4) is 22.5 Å². The average Bonchev–Trinajstić information content (AvgIpc) is 4.00. The van der Waals surface area contributed by atoms with Gasteiger partial charge >= 0.3 is 5.97 Å². The van der Waals surface area contributed by atoms with Gasteiger partial charge in [-0.05, 0) is 79.4 Å². The van der Waals surface area contributed by atoms with Crippen LogP contribution in [0.15, 0.2) is 116 Å². The highest BCUT2D eigenvalue weighted by Gasteiger charge is 2.39. The third-order valence-corrected chi connectivity index (χ3v) is 16.2. The van der Waals surface area contributed by atoms with Crippen molar-refractivity contribution in [3.63, 3.8) is 0 Å². The highest BCUT2D eigenvalue weighted by Crippen LogP contribution is 2.45. The van der Waals surface area contributed by atoms with Crippen molar-refractivity contribution in [3.05, 3.63) is 114 Å². The summed E-state index contributed by atoms with van der Waals surface area (Å²) in [6.45, 7) is 0.946. The lowest BCUT2D eigenvalue weighted by atomic mass is 9.93. The van der Waals surface area contributed by atoms with E-state index in [1.807, 2.05) is 45.9 Å². The molecule has 6 aliphatic rings. The molecular formula is C45H39ClN4O13S3. The van der Waals surface area contributed by atoms with E-state index in [1.54, 1.807) is 30.3 Å². The zero-order valence-corrected chi connectivity index (χ0v) is 37.9. The molecule has 4 aromatic rings. The van der Waals surface area contributed by atoms with E-state index in [9.17, 15) is 48.7 Å². The number of benzene rings is 5. The van der Waals surface area contributed by atoms with Gasteiger partial charge in [0.15, 0.2) is 6.54 Å². The Morgan fingerprint density at radius 1 is 0.712 bits per heavy atom. The van der Waals surface area contributed by atoms with Crippen LogP contribution in [0.4, 0.5) is 17.1 Å². The molecule has 0 unspecified atom stereocenters. The number of hydrogen-bond donors (Lipinski definition) is 2. The van der Waals surface area contributed by atoms with Gasteiger partial charge in [0.2, 0.25) is 21.1 Å². The molecule has 2 fully saturated rings. The summed E-state index contributed by atoms with van der Waals surface area (Å²) >= 11 is 0. The second kappa shape index (κ2) is 16.7. The van der Waals surface area contributed by atoms with Crippen molar-refractivity contribution in [2.45, 2.75) is 53.2 Å². The smallest absolute Gasteiger partial charge is 0.336 e. The molecule has 0 saturated carbocycles. The number of amides is 2. The molecule has 5 aliphatic heterocycles. The third kappa shape index (κ3) is 7.95. The minimum atomic E-state index is -4.41. The summed E-state index contributed by atoms with van der Waals surface area (Å²) in [5.41, 5.74) is 5.62. The van der Waals surface area contributed by atoms with Gasteiger partial charge in [0, 0.05) is 96.1 Å². The van der Waals surface area contributed by atoms with Crippen LogP contribution in [0, 0.1) is 5.92 Å². The summed E-state index contributed by atoms with van der Waals surface area (Å²) in [7, 11) is -13.0. The maximum absolute atomic E-state index is 14.7. The van der Waals surface area contributed by atoms with Gasteiger partial charge in [0.25, 0.3) is 32.1 Å². The van der Waals surface area contributed by atoms with Crippen LogP contribution in [0.2, 0.25) is 0 Å². The number of carbonyl (C=O) groups excluding carboxylic acids is 3. The Morgan fingerprint density at radius 3 is 2.11 bits per heavy atom. The Kier molecular flexibility index (Phi) is 11.4. The highest BCUT2D eigenvalue weighted by atomic mass is 35.5. The Balaban J connectivity index is 0.00000548. The van der Waals surface area contributed by atoms with Crippen LogP contribution < -0.4 is 27.2 Å². The largest absolute Gasteiger partial charge is 1.00 e. The van der Waals surface area contributed by atoms with Gasteiger partial charge in [-0.2, -0.15) is 25.7 Å². The topological polar surface area (TPSA) is 229 Å². The second-order valence-corrected chi connectivity index (χ2v) is 21.1. The minimum Gasteiger partial charge on any atom is -1.00 e. The standard InChI is InChI=1S/C45H38N4O13S3.ClH/c50-42-13-14-43(51)49(42)62-45(52)27-15-19-46(20-16-27)63(53,54)41-4-2-1-3-36(41)44-34-9-5-30(47-21-17-28-23-32(64(55,56)57)7-11-37(28)47)25-39(34)61-40-26-31(6-10-35(40)44)48-22-18-29-24-33(65(58,59)60)8-12-38(29)48;/h1-12,23-27H,13-22H2,(H-,55,56,57,58,59,60);1H. The lowest BCUT2D eigenvalue weighted by Gasteiger charge is -2.31. The van der Waals surface area contributed by atoms with Crippen molar-refractivity contribution in [2.24, 2.45) is 5.92 Å². The number of hydroxylamine groups is 2. The van der Waals surface area contributed by atoms with Crippen LogP contribution in [0.3, 0.4) is 0 Å². The highest BCUT2D eigenvalue weighted by molar-refractivity contribution is 7.89. The number of sulfonamides is 1. The fraction of sp³-hybridized carbons (Fsp3) is 0.244. The summed E-state index contributed by atoms with van der Waals surface area (Å²) in [5, 5.41) is 1.80. The monoisotopic (exact) mass is 974 g/mol. The number of hydrogen-bond acceptors (Lipinski definition) is 12. The quantitative estimate of drug-likeness (QED) is 0.0964. The number of anilines is 2. The molecule has 0 aromatic heterocycles. The average molecular weight is 975 g/mol. The van der Waals surface area contributed by atoms with Gasteiger partial charge in [0.05, 0.1) is 26.7 Å². The van der Waals surface area contributed by atoms with Crippen LogP contribution >= 0.6 is 0 Å². The summed E-state index contributed by atoms with van der Waals surface area (Å²) in [5.74, 6) is -2.29. The first-order chi connectivity index (χ1) is 31.0. The van der Waals surface area contributed by atoms with Crippen molar-refractivity contribution in [2.75, 3.05) is 31.1 Å². The SMILES string of the molecule is O=C(ON1C(=O)CCC1=O)C1CCN(S(=O)(=O)c2ccccc2-c2c3ccc(=[N+]4CCc5cc(S(=O)(=O)O)ccc54)cc-3oc3cc(N4CCc5cc(S(=O)(=O)O)ccc54)ccc23)CC1.[Cl-]. The first kappa shape index (κ1) is 45.2. The Hall–Kier alpha value is -6.00. The molecule has 10 rings (SSSR count). The lowest BCUT2D eigenvalue weighted by Crippen LogP contribution is -3.00. The predicted molar refractivity (Wildman–Crippen MR) is 234 cm³/mol. The van der Waals surface area contributed by atoms with Crippen LogP contribution in [0.25, 0.3) is 33.4 Å². The normalized spacial score (nSPS) is 17.9. The molecule has 0 bridgehead atoms. The molecule has 4 aromatic carbocycles. The van der Waals surface area contributed by atoms with E-state index in [0.29, 0.717) is 75.5 Å². The number of fused-ring (bicyclic) bond motifs is 4. The van der Waals surface area contributed by atoms with E-state index >= 15 is 0 Å². The van der Waals surface area contributed by atoms with E-state index in [2.05, 4.69) is 0 Å². The molecule has 0 radical (unpaired) electrons. The van der Waals surface area contributed by atoms with E-state index in [1.165, 1.54) is 34.6 Å². The van der Waals surface area contributed by atoms with Gasteiger partial charge in [-0.3, -0.25) is 18.7 Å². The number of carbonyl (C=O) groups is 3. The maximum Gasteiger partial charge on any atom is 0.336 e. The maximum atomic E-state index is 14.7. The summed E-state index contributed by atoms with van der Waals surface area (Å²) in [6.07, 6.45) is 1.12. The van der Waals surface area contributed by atoms with Gasteiger partial charge in [-0.15, -0.1) is 5.06 Å². The Labute approximate surface area is 384 Å². The van der Waals surface area contributed by atoms with E-state index < -0.39 is 54.0 Å². The number of nitrogens with zero attached hydrogens (tertiary/aromatic N) is 4. The Morgan fingerprint density at radius 2 is 1.39 bits per heavy atom. The summed E-state index contributed by atoms with van der Waals surface area (Å²) in [6, 6.07) is 26.6. The molecule has 2 saturated heterocycles. The molecule has 17 nitrogen and oxygen atoms in total. The molecule has 66 heavy (non-hydrogen) atoms. The first-order valence-corrected chi connectivity index (χ1v) is 25.0. The van der Waals surface area contributed by atoms with Gasteiger partial charge < -0.3 is 26.6 Å². The summed E-state index contributed by atoms with van der Waals surface area (Å²) < 4.78 is 106. The van der Waals surface area contributed by atoms with Gasteiger partial charge in [0.1, 0.15) is 11.3 Å². The first-order valence-electron chi connectivity index (χ1n) is 20.7. The van der Waals surface area contributed by atoms with Crippen LogP contribution in [-0.4, -0.2) is 87.7 Å². The molecule has 5 heterocycles. The zero-order valence-electron chi connectivity index (χ0n) is 34.7. The van der Waals surface area contributed by atoms with E-state index in [-0.39, 0.29) is 65.9 Å². The predicted octanol–water partition coefficient (Wildman–Crippen LogP) is 2.06. The fourth-order valence-corrected chi connectivity index (χ4v) is 12.0. The Bertz CT molecular complexity index is 3430. The van der Waals surface area contributed by atoms with Crippen LogP contribution in [0.5, 0.6) is 0 Å². The van der Waals surface area contributed by atoms with Crippen molar-refractivity contribution in [1.82, 2.24) is 13.9 Å². The number of imide groups is 1. The minimum absolute atomic E-state index is 0. The number of piperidine rings is 1. The van der Waals surface area contributed by atoms with E-state index in [0.717, 1.165) is 22.5 Å². The van der Waals surface area contributed by atoms with Crippen LogP contribution in [-0.2, 0) is 62.3 Å². The molecular weight excluding hydrogens is 936 g/mol. The third-order valence-electron chi connectivity index (χ3n) is 12.5. The molecule has 0 spiro atoms. The molecule has 1 aliphatic carbocycles. The molecule has 2 amide bonds. The lowest BCUT2D eigenvalue weighted by molar-refractivity contribution is -0.201. The van der Waals surface area contributed by atoms with Crippen molar-refractivity contribution >= 4 is 76.1 Å². The molecule has 0 atom stereocenters. The fourth-order valence-electron chi connectivity index (χ4n) is 9.30. The van der Waals surface area contributed by atoms with Gasteiger partial charge in [-0.1, -0.05) is 18.2 Å². The number of rotatable bonds is 8. The van der Waals surface area contributed by atoms with E-state index in [4.69, 9.17) is 9.25 Å². The summed E-state index contributed by atoms with van der Waals surface area (Å²) in [4.78, 5) is 43.8.